The molecule has 1 N–H and O–H groups in total. The summed E-state index contributed by atoms with van der Waals surface area (Å²) in [6.07, 6.45) is 0. The van der Waals surface area contributed by atoms with Crippen LogP contribution in [-0.2, 0) is 4.79 Å². The first-order valence-electron chi connectivity index (χ1n) is 8.65. The van der Waals surface area contributed by atoms with Gasteiger partial charge in [-0.05, 0) is 43.7 Å². The zero-order valence-corrected chi connectivity index (χ0v) is 15.5. The largest absolute Gasteiger partial charge is 0.369 e. The van der Waals surface area contributed by atoms with E-state index >= 15 is 0 Å². The highest BCUT2D eigenvalue weighted by molar-refractivity contribution is 6.31. The first-order valence-corrected chi connectivity index (χ1v) is 9.03. The fourth-order valence-corrected chi connectivity index (χ4v) is 3.31. The Morgan fingerprint density at radius 1 is 1.08 bits per heavy atom. The molecule has 0 radical (unpaired) electrons. The van der Waals surface area contributed by atoms with Crippen molar-refractivity contribution >= 4 is 28.9 Å². The van der Waals surface area contributed by atoms with Gasteiger partial charge in [0.25, 0.3) is 0 Å². The maximum atomic E-state index is 12.6. The number of rotatable bonds is 4. The summed E-state index contributed by atoms with van der Waals surface area (Å²) < 4.78 is 0. The first kappa shape index (κ1) is 17.8. The van der Waals surface area contributed by atoms with Gasteiger partial charge in [-0.2, -0.15) is 0 Å². The molecule has 0 saturated carbocycles. The van der Waals surface area contributed by atoms with Crippen LogP contribution in [0.5, 0.6) is 0 Å². The molecule has 0 bridgehead atoms. The van der Waals surface area contributed by atoms with E-state index in [1.54, 1.807) is 6.07 Å². The van der Waals surface area contributed by atoms with E-state index < -0.39 is 0 Å². The number of anilines is 2. The maximum absolute atomic E-state index is 12.6. The van der Waals surface area contributed by atoms with E-state index in [4.69, 9.17) is 11.6 Å². The number of nitrogens with zero attached hydrogens (tertiary/aromatic N) is 2. The lowest BCUT2D eigenvalue weighted by Crippen LogP contribution is -2.52. The zero-order valence-electron chi connectivity index (χ0n) is 14.7. The normalized spacial score (nSPS) is 16.5. The number of piperazine rings is 1. The minimum atomic E-state index is -0.170. The summed E-state index contributed by atoms with van der Waals surface area (Å²) >= 11 is 6.04. The number of carbonyl (C=O) groups excluding carboxylic acids is 1. The molecule has 0 unspecified atom stereocenters. The van der Waals surface area contributed by atoms with Crippen LogP contribution in [-0.4, -0.2) is 43.0 Å². The molecule has 1 atom stereocenters. The molecule has 5 heteroatoms. The molecule has 1 heterocycles. The van der Waals surface area contributed by atoms with Crippen LogP contribution < -0.4 is 10.2 Å². The van der Waals surface area contributed by atoms with Crippen molar-refractivity contribution in [2.24, 2.45) is 0 Å². The monoisotopic (exact) mass is 357 g/mol. The Morgan fingerprint density at radius 3 is 2.44 bits per heavy atom. The Hall–Kier alpha value is -2.04. The van der Waals surface area contributed by atoms with Gasteiger partial charge in [-0.3, -0.25) is 9.69 Å². The highest BCUT2D eigenvalue weighted by atomic mass is 35.5. The lowest BCUT2D eigenvalue weighted by atomic mass is 10.1. The predicted octanol–water partition coefficient (Wildman–Crippen LogP) is 3.80. The molecule has 132 valence electrons. The second-order valence-corrected chi connectivity index (χ2v) is 6.92. The van der Waals surface area contributed by atoms with Crippen molar-refractivity contribution in [2.75, 3.05) is 36.4 Å². The number of benzene rings is 2. The van der Waals surface area contributed by atoms with E-state index in [9.17, 15) is 4.79 Å². The number of aryl methyl sites for hydroxylation is 1. The van der Waals surface area contributed by atoms with Gasteiger partial charge in [0.1, 0.15) is 0 Å². The van der Waals surface area contributed by atoms with E-state index in [0.717, 1.165) is 37.4 Å². The van der Waals surface area contributed by atoms with Crippen molar-refractivity contribution in [2.45, 2.75) is 19.9 Å². The van der Waals surface area contributed by atoms with Gasteiger partial charge in [-0.25, -0.2) is 0 Å². The molecule has 2 aromatic rings. The van der Waals surface area contributed by atoms with Gasteiger partial charge in [0.2, 0.25) is 5.91 Å². The number of para-hydroxylation sites is 1. The molecule has 1 aliphatic heterocycles. The molecule has 1 amide bonds. The highest BCUT2D eigenvalue weighted by Crippen LogP contribution is 2.21. The standard InChI is InChI=1S/C20H24ClN3O/c1-15-8-9-17(21)14-19(15)22-20(25)16(2)23-10-12-24(13-11-23)18-6-4-3-5-7-18/h3-9,14,16H,10-13H2,1-2H3,(H,22,25)/t16-/m1/s1. The molecule has 1 fully saturated rings. The molecule has 2 aromatic carbocycles. The molecule has 4 nitrogen and oxygen atoms in total. The fraction of sp³-hybridized carbons (Fsp3) is 0.350. The highest BCUT2D eigenvalue weighted by Gasteiger charge is 2.26. The number of carbonyl (C=O) groups is 1. The Balaban J connectivity index is 1.57. The third kappa shape index (κ3) is 4.33. The second kappa shape index (κ2) is 7.89. The molecule has 25 heavy (non-hydrogen) atoms. The van der Waals surface area contributed by atoms with Crippen LogP contribution >= 0.6 is 11.6 Å². The van der Waals surface area contributed by atoms with Gasteiger partial charge in [-0.15, -0.1) is 0 Å². The molecule has 1 saturated heterocycles. The minimum absolute atomic E-state index is 0.0125. The zero-order chi connectivity index (χ0) is 17.8. The Bertz CT molecular complexity index is 727. The SMILES string of the molecule is Cc1ccc(Cl)cc1NC(=O)[C@@H](C)N1CCN(c2ccccc2)CC1. The summed E-state index contributed by atoms with van der Waals surface area (Å²) in [6, 6.07) is 15.8. The second-order valence-electron chi connectivity index (χ2n) is 6.48. The average molecular weight is 358 g/mol. The molecule has 0 aromatic heterocycles. The molecule has 0 aliphatic carbocycles. The number of amides is 1. The van der Waals surface area contributed by atoms with Crippen LogP contribution in [0.3, 0.4) is 0 Å². The quantitative estimate of drug-likeness (QED) is 0.904. The van der Waals surface area contributed by atoms with Gasteiger partial charge in [-0.1, -0.05) is 35.9 Å². The van der Waals surface area contributed by atoms with Crippen LogP contribution in [0, 0.1) is 6.92 Å². The first-order chi connectivity index (χ1) is 12.0. The van der Waals surface area contributed by atoms with Gasteiger partial charge < -0.3 is 10.2 Å². The van der Waals surface area contributed by atoms with Gasteiger partial charge in [0.05, 0.1) is 6.04 Å². The lowest BCUT2D eigenvalue weighted by molar-refractivity contribution is -0.120. The molecular weight excluding hydrogens is 334 g/mol. The Kier molecular flexibility index (Phi) is 5.61. The third-order valence-corrected chi connectivity index (χ3v) is 5.06. The number of hydrogen-bond acceptors (Lipinski definition) is 3. The smallest absolute Gasteiger partial charge is 0.241 e. The van der Waals surface area contributed by atoms with Crippen molar-refractivity contribution in [3.63, 3.8) is 0 Å². The molecule has 1 aliphatic rings. The number of nitrogens with one attached hydrogen (secondary N) is 1. The summed E-state index contributed by atoms with van der Waals surface area (Å²) in [4.78, 5) is 17.2. The molecular formula is C20H24ClN3O. The van der Waals surface area contributed by atoms with Crippen molar-refractivity contribution < 1.29 is 4.79 Å². The van der Waals surface area contributed by atoms with Crippen molar-refractivity contribution in [1.29, 1.82) is 0 Å². The van der Waals surface area contributed by atoms with Gasteiger partial charge in [0.15, 0.2) is 0 Å². The molecule has 0 spiro atoms. The van der Waals surface area contributed by atoms with Crippen molar-refractivity contribution in [3.05, 3.63) is 59.1 Å². The van der Waals surface area contributed by atoms with Crippen LogP contribution in [0.25, 0.3) is 0 Å². The van der Waals surface area contributed by atoms with Crippen LogP contribution in [0.4, 0.5) is 11.4 Å². The predicted molar refractivity (Wildman–Crippen MR) is 105 cm³/mol. The summed E-state index contributed by atoms with van der Waals surface area (Å²) in [5.74, 6) is 0.0125. The van der Waals surface area contributed by atoms with Gasteiger partial charge in [0, 0.05) is 42.6 Å². The van der Waals surface area contributed by atoms with Crippen LogP contribution in [0.2, 0.25) is 5.02 Å². The summed E-state index contributed by atoms with van der Waals surface area (Å²) in [5, 5.41) is 3.64. The van der Waals surface area contributed by atoms with Crippen LogP contribution in [0.1, 0.15) is 12.5 Å². The Labute approximate surface area is 154 Å². The van der Waals surface area contributed by atoms with E-state index in [1.807, 2.05) is 32.0 Å². The Morgan fingerprint density at radius 2 is 1.76 bits per heavy atom. The van der Waals surface area contributed by atoms with Gasteiger partial charge >= 0.3 is 0 Å². The number of halogens is 1. The number of hydrogen-bond donors (Lipinski definition) is 1. The summed E-state index contributed by atoms with van der Waals surface area (Å²) in [5.41, 5.74) is 3.04. The topological polar surface area (TPSA) is 35.6 Å². The molecule has 3 rings (SSSR count). The van der Waals surface area contributed by atoms with E-state index in [0.29, 0.717) is 5.02 Å². The summed E-state index contributed by atoms with van der Waals surface area (Å²) in [7, 11) is 0. The lowest BCUT2D eigenvalue weighted by Gasteiger charge is -2.38. The van der Waals surface area contributed by atoms with E-state index in [2.05, 4.69) is 39.4 Å². The summed E-state index contributed by atoms with van der Waals surface area (Å²) in [6.45, 7) is 7.54. The third-order valence-electron chi connectivity index (χ3n) is 4.82. The van der Waals surface area contributed by atoms with Crippen molar-refractivity contribution in [1.82, 2.24) is 4.90 Å². The fourth-order valence-electron chi connectivity index (χ4n) is 3.14. The van der Waals surface area contributed by atoms with E-state index in [-0.39, 0.29) is 11.9 Å². The van der Waals surface area contributed by atoms with Crippen molar-refractivity contribution in [3.8, 4) is 0 Å². The van der Waals surface area contributed by atoms with E-state index in [1.165, 1.54) is 5.69 Å². The maximum Gasteiger partial charge on any atom is 0.241 e. The minimum Gasteiger partial charge on any atom is -0.369 e. The van der Waals surface area contributed by atoms with Crippen LogP contribution in [0.15, 0.2) is 48.5 Å². The average Bonchev–Trinajstić information content (AvgIpc) is 2.65.